The van der Waals surface area contributed by atoms with Crippen LogP contribution in [0.5, 0.6) is 0 Å². The van der Waals surface area contributed by atoms with Gasteiger partial charge in [0.1, 0.15) is 8.67 Å². The zero-order valence-electron chi connectivity index (χ0n) is 15.2. The van der Waals surface area contributed by atoms with Crippen LogP contribution < -0.4 is 11.1 Å². The molecule has 0 radical (unpaired) electrons. The molecule has 0 bridgehead atoms. The molecule has 0 aliphatic rings. The van der Waals surface area contributed by atoms with E-state index in [-0.39, 0.29) is 11.1 Å². The van der Waals surface area contributed by atoms with E-state index in [1.807, 2.05) is 24.3 Å². The lowest BCUT2D eigenvalue weighted by Gasteiger charge is -2.00. The molecule has 10 heteroatoms. The third-order valence-electron chi connectivity index (χ3n) is 3.84. The number of rotatable bonds is 4. The van der Waals surface area contributed by atoms with Crippen LogP contribution in [0.1, 0.15) is 11.1 Å². The molecule has 0 amide bonds. The Kier molecular flexibility index (Phi) is 8.22. The summed E-state index contributed by atoms with van der Waals surface area (Å²) in [6, 6.07) is 17.6. The van der Waals surface area contributed by atoms with E-state index < -0.39 is 0 Å². The van der Waals surface area contributed by atoms with Crippen LogP contribution >= 0.6 is 69.5 Å². The molecule has 2 aromatic heterocycles. The van der Waals surface area contributed by atoms with Crippen molar-refractivity contribution in [2.45, 2.75) is 13.1 Å². The van der Waals surface area contributed by atoms with Crippen LogP contribution in [0.15, 0.2) is 70.3 Å². The zero-order valence-corrected chi connectivity index (χ0v) is 19.9. The Labute approximate surface area is 200 Å². The molecule has 0 aliphatic heterocycles. The second-order valence-corrected chi connectivity index (χ2v) is 10.3. The first-order chi connectivity index (χ1) is 14.3. The lowest BCUT2D eigenvalue weighted by molar-refractivity contribution is 0.849. The average molecular weight is 520 g/mol. The molecular weight excluding hydrogens is 506 g/mol. The molecule has 2 heterocycles. The SMILES string of the molecule is O=c1cc(Cl)sn1Cc1ccc(Cl)cc1.O=c1cc(Cl)sn1Cc1ccc(Cl)cc1. The molecule has 0 saturated heterocycles. The van der Waals surface area contributed by atoms with E-state index in [1.54, 1.807) is 32.2 Å². The number of hydrogen-bond acceptors (Lipinski definition) is 4. The van der Waals surface area contributed by atoms with Gasteiger partial charge in [0.15, 0.2) is 0 Å². The van der Waals surface area contributed by atoms with E-state index in [0.717, 1.165) is 11.1 Å². The highest BCUT2D eigenvalue weighted by molar-refractivity contribution is 7.11. The first-order valence-electron chi connectivity index (χ1n) is 8.52. The van der Waals surface area contributed by atoms with Gasteiger partial charge in [0.05, 0.1) is 13.1 Å². The standard InChI is InChI=1S/2C10H7Cl2NOS/c2*11-8-3-1-7(2-4-8)6-13-10(14)5-9(12)15-13/h2*1-5H,6H2. The van der Waals surface area contributed by atoms with Crippen LogP contribution in [0.2, 0.25) is 18.7 Å². The van der Waals surface area contributed by atoms with E-state index in [4.69, 9.17) is 46.4 Å². The van der Waals surface area contributed by atoms with E-state index in [0.29, 0.717) is 31.8 Å². The zero-order chi connectivity index (χ0) is 21.7. The van der Waals surface area contributed by atoms with Gasteiger partial charge in [0.2, 0.25) is 0 Å². The molecule has 0 spiro atoms. The molecule has 0 fully saturated rings. The Morgan fingerprint density at radius 3 is 1.20 bits per heavy atom. The number of nitrogens with zero attached hydrogens (tertiary/aromatic N) is 2. The van der Waals surface area contributed by atoms with E-state index in [2.05, 4.69) is 0 Å². The predicted molar refractivity (Wildman–Crippen MR) is 128 cm³/mol. The number of aromatic nitrogens is 2. The molecule has 0 aliphatic carbocycles. The molecule has 4 rings (SSSR count). The third kappa shape index (κ3) is 6.74. The first-order valence-corrected chi connectivity index (χ1v) is 11.6. The van der Waals surface area contributed by atoms with Gasteiger partial charge >= 0.3 is 0 Å². The van der Waals surface area contributed by atoms with E-state index in [9.17, 15) is 9.59 Å². The molecule has 4 aromatic rings. The lowest BCUT2D eigenvalue weighted by Crippen LogP contribution is -2.12. The summed E-state index contributed by atoms with van der Waals surface area (Å²) in [6.45, 7) is 1.07. The number of halogens is 4. The molecule has 0 atom stereocenters. The minimum atomic E-state index is -0.0695. The van der Waals surface area contributed by atoms with Gasteiger partial charge in [0.25, 0.3) is 11.1 Å². The molecule has 0 saturated carbocycles. The summed E-state index contributed by atoms with van der Waals surface area (Å²) < 4.78 is 4.22. The van der Waals surface area contributed by atoms with Crippen LogP contribution in [0.3, 0.4) is 0 Å². The quantitative estimate of drug-likeness (QED) is 0.307. The summed E-state index contributed by atoms with van der Waals surface area (Å²) >= 11 is 25.5. The van der Waals surface area contributed by atoms with Crippen molar-refractivity contribution >= 4 is 69.5 Å². The third-order valence-corrected chi connectivity index (χ3v) is 6.62. The van der Waals surface area contributed by atoms with Gasteiger partial charge in [-0.1, -0.05) is 70.7 Å². The highest BCUT2D eigenvalue weighted by Gasteiger charge is 2.03. The highest BCUT2D eigenvalue weighted by Crippen LogP contribution is 2.16. The maximum atomic E-state index is 11.4. The van der Waals surface area contributed by atoms with Gasteiger partial charge in [-0.05, 0) is 58.5 Å². The average Bonchev–Trinajstić information content (AvgIpc) is 3.19. The van der Waals surface area contributed by atoms with Crippen LogP contribution in [0.4, 0.5) is 0 Å². The van der Waals surface area contributed by atoms with Crippen molar-refractivity contribution in [3.63, 3.8) is 0 Å². The Balaban J connectivity index is 0.000000171. The fourth-order valence-corrected chi connectivity index (χ4v) is 4.80. The van der Waals surface area contributed by atoms with Crippen molar-refractivity contribution in [2.75, 3.05) is 0 Å². The van der Waals surface area contributed by atoms with Crippen LogP contribution in [0.25, 0.3) is 0 Å². The maximum Gasteiger partial charge on any atom is 0.262 e. The first kappa shape index (κ1) is 23.1. The summed E-state index contributed by atoms with van der Waals surface area (Å²) in [7, 11) is 0. The van der Waals surface area contributed by atoms with Gasteiger partial charge in [-0.15, -0.1) is 0 Å². The minimum absolute atomic E-state index is 0.0695. The Bertz CT molecular complexity index is 1130. The van der Waals surface area contributed by atoms with Crippen LogP contribution in [-0.2, 0) is 13.1 Å². The Hall–Kier alpha value is -1.54. The van der Waals surface area contributed by atoms with Gasteiger partial charge in [-0.3, -0.25) is 17.5 Å². The van der Waals surface area contributed by atoms with Crippen molar-refractivity contribution in [2.24, 2.45) is 0 Å². The topological polar surface area (TPSA) is 44.0 Å². The largest absolute Gasteiger partial charge is 0.268 e. The molecule has 0 N–H and O–H groups in total. The summed E-state index contributed by atoms with van der Waals surface area (Å²) in [6.07, 6.45) is 0. The van der Waals surface area contributed by atoms with E-state index >= 15 is 0 Å². The van der Waals surface area contributed by atoms with Crippen molar-refractivity contribution < 1.29 is 0 Å². The minimum Gasteiger partial charge on any atom is -0.268 e. The molecule has 4 nitrogen and oxygen atoms in total. The van der Waals surface area contributed by atoms with Gasteiger partial charge in [-0.25, -0.2) is 0 Å². The predicted octanol–water partition coefficient (Wildman–Crippen LogP) is 6.53. The lowest BCUT2D eigenvalue weighted by atomic mass is 10.2. The summed E-state index contributed by atoms with van der Waals surface area (Å²) in [5.41, 5.74) is 1.92. The summed E-state index contributed by atoms with van der Waals surface area (Å²) in [5, 5.41) is 1.38. The van der Waals surface area contributed by atoms with Gasteiger partial charge < -0.3 is 0 Å². The van der Waals surface area contributed by atoms with Crippen LogP contribution in [-0.4, -0.2) is 7.91 Å². The Morgan fingerprint density at radius 2 is 0.933 bits per heavy atom. The molecular formula is C20H14Cl4N2O2S2. The van der Waals surface area contributed by atoms with Gasteiger partial charge in [0, 0.05) is 22.2 Å². The van der Waals surface area contributed by atoms with E-state index in [1.165, 1.54) is 35.2 Å². The highest BCUT2D eigenvalue weighted by atomic mass is 35.5. The monoisotopic (exact) mass is 518 g/mol. The smallest absolute Gasteiger partial charge is 0.262 e. The van der Waals surface area contributed by atoms with Gasteiger partial charge in [-0.2, -0.15) is 0 Å². The maximum absolute atomic E-state index is 11.4. The fraction of sp³-hybridized carbons (Fsp3) is 0.100. The van der Waals surface area contributed by atoms with Crippen molar-refractivity contribution in [1.29, 1.82) is 0 Å². The fourth-order valence-electron chi connectivity index (χ4n) is 2.42. The second-order valence-electron chi connectivity index (χ2n) is 6.08. The molecule has 156 valence electrons. The molecule has 30 heavy (non-hydrogen) atoms. The number of hydrogen-bond donors (Lipinski definition) is 0. The molecule has 2 aromatic carbocycles. The molecule has 0 unspecified atom stereocenters. The van der Waals surface area contributed by atoms with Crippen molar-refractivity contribution in [1.82, 2.24) is 7.91 Å². The van der Waals surface area contributed by atoms with Crippen molar-refractivity contribution in [3.8, 4) is 0 Å². The van der Waals surface area contributed by atoms with Crippen molar-refractivity contribution in [3.05, 3.63) is 111 Å². The second kappa shape index (κ2) is 10.7. The Morgan fingerprint density at radius 1 is 0.600 bits per heavy atom. The van der Waals surface area contributed by atoms with Crippen LogP contribution in [0, 0.1) is 0 Å². The normalized spacial score (nSPS) is 10.5. The number of benzene rings is 2. The summed E-state index contributed by atoms with van der Waals surface area (Å²) in [5.74, 6) is 0. The summed E-state index contributed by atoms with van der Waals surface area (Å²) in [4.78, 5) is 22.7.